The Hall–Kier alpha value is -3.20. The van der Waals surface area contributed by atoms with Gasteiger partial charge in [0.05, 0.1) is 40.5 Å². The van der Waals surface area contributed by atoms with E-state index in [1.165, 1.54) is 27.4 Å². The highest BCUT2D eigenvalue weighted by Gasteiger charge is 2.30. The number of hydrogen-bond donors (Lipinski definition) is 1. The average Bonchev–Trinajstić information content (AvgIpc) is 2.79. The minimum absolute atomic E-state index is 0.0147. The van der Waals surface area contributed by atoms with E-state index in [0.717, 1.165) is 0 Å². The van der Waals surface area contributed by atoms with Crippen LogP contribution < -0.4 is 19.6 Å². The van der Waals surface area contributed by atoms with Crippen LogP contribution in [0.1, 0.15) is 29.4 Å². The summed E-state index contributed by atoms with van der Waals surface area (Å²) >= 11 is 0. The highest BCUT2D eigenvalue weighted by atomic mass is 16.5. The maximum atomic E-state index is 13.1. The fraction of sp³-hybridized carbons (Fsp3) is 0.455. The van der Waals surface area contributed by atoms with Gasteiger partial charge in [0.1, 0.15) is 5.76 Å². The van der Waals surface area contributed by atoms with Crippen LogP contribution in [0.4, 0.5) is 0 Å². The van der Waals surface area contributed by atoms with Gasteiger partial charge in [-0.1, -0.05) is 0 Å². The number of rotatable bonds is 7. The van der Waals surface area contributed by atoms with Crippen LogP contribution in [0.15, 0.2) is 27.4 Å². The topological polar surface area (TPSA) is 108 Å². The van der Waals surface area contributed by atoms with E-state index < -0.39 is 17.1 Å². The molecule has 31 heavy (non-hydrogen) atoms. The predicted molar refractivity (Wildman–Crippen MR) is 111 cm³/mol. The maximum Gasteiger partial charge on any atom is 0.227 e. The standard InChI is InChI=1S/C22H27NO8/c1-13-9-16(24)20(26)21(31-13)15(12-19(25)23-5-7-30-8-6-23)14-10-17(27-2)22(29-4)18(11-14)28-3/h9-11,15,26H,5-8,12H2,1-4H3. The van der Waals surface area contributed by atoms with Gasteiger partial charge in [-0.3, -0.25) is 9.59 Å². The van der Waals surface area contributed by atoms with Crippen molar-refractivity contribution in [3.05, 3.63) is 45.5 Å². The van der Waals surface area contributed by atoms with Gasteiger partial charge in [0.15, 0.2) is 17.3 Å². The van der Waals surface area contributed by atoms with Gasteiger partial charge in [-0.05, 0) is 24.6 Å². The molecule has 9 heteroatoms. The van der Waals surface area contributed by atoms with E-state index >= 15 is 0 Å². The van der Waals surface area contributed by atoms with Gasteiger partial charge in [-0.25, -0.2) is 0 Å². The summed E-state index contributed by atoms with van der Waals surface area (Å²) < 4.78 is 27.3. The minimum Gasteiger partial charge on any atom is -0.502 e. The molecule has 1 aliphatic rings. The van der Waals surface area contributed by atoms with E-state index in [1.54, 1.807) is 24.0 Å². The van der Waals surface area contributed by atoms with Crippen molar-refractivity contribution < 1.29 is 33.3 Å². The molecule has 0 spiro atoms. The predicted octanol–water partition coefficient (Wildman–Crippen LogP) is 2.06. The third kappa shape index (κ3) is 4.77. The first kappa shape index (κ1) is 22.5. The zero-order valence-electron chi connectivity index (χ0n) is 18.1. The Morgan fingerprint density at radius 1 is 1.10 bits per heavy atom. The number of nitrogens with zero attached hydrogens (tertiary/aromatic N) is 1. The lowest BCUT2D eigenvalue weighted by Crippen LogP contribution is -2.41. The fourth-order valence-corrected chi connectivity index (χ4v) is 3.64. The largest absolute Gasteiger partial charge is 0.502 e. The summed E-state index contributed by atoms with van der Waals surface area (Å²) in [7, 11) is 4.46. The van der Waals surface area contributed by atoms with Crippen molar-refractivity contribution in [2.75, 3.05) is 47.6 Å². The molecule has 1 aromatic heterocycles. The smallest absolute Gasteiger partial charge is 0.227 e. The molecule has 168 valence electrons. The number of carbonyl (C=O) groups is 1. The first-order chi connectivity index (χ1) is 14.9. The van der Waals surface area contributed by atoms with Crippen LogP contribution in [0.25, 0.3) is 0 Å². The summed E-state index contributed by atoms with van der Waals surface area (Å²) in [5, 5.41) is 10.5. The molecule has 3 rings (SSSR count). The Morgan fingerprint density at radius 2 is 1.71 bits per heavy atom. The highest BCUT2D eigenvalue weighted by Crippen LogP contribution is 2.43. The second kappa shape index (κ2) is 9.74. The molecule has 0 radical (unpaired) electrons. The summed E-state index contributed by atoms with van der Waals surface area (Å²) in [6, 6.07) is 4.57. The van der Waals surface area contributed by atoms with Crippen molar-refractivity contribution in [2.45, 2.75) is 19.3 Å². The number of carbonyl (C=O) groups excluding carboxylic acids is 1. The highest BCUT2D eigenvalue weighted by molar-refractivity contribution is 5.78. The van der Waals surface area contributed by atoms with Gasteiger partial charge in [0, 0.05) is 25.6 Å². The minimum atomic E-state index is -0.753. The molecule has 0 bridgehead atoms. The van der Waals surface area contributed by atoms with Crippen LogP contribution in [-0.2, 0) is 9.53 Å². The Bertz CT molecular complexity index is 968. The third-order valence-electron chi connectivity index (χ3n) is 5.22. The van der Waals surface area contributed by atoms with Crippen molar-refractivity contribution in [3.8, 4) is 23.0 Å². The van der Waals surface area contributed by atoms with Crippen LogP contribution >= 0.6 is 0 Å². The van der Waals surface area contributed by atoms with Crippen molar-refractivity contribution in [1.29, 1.82) is 0 Å². The number of benzene rings is 1. The van der Waals surface area contributed by atoms with E-state index in [0.29, 0.717) is 54.9 Å². The average molecular weight is 433 g/mol. The number of hydrogen-bond acceptors (Lipinski definition) is 8. The molecule has 1 aromatic carbocycles. The molecule has 1 fully saturated rings. The van der Waals surface area contributed by atoms with Gasteiger partial charge in [-0.15, -0.1) is 0 Å². The van der Waals surface area contributed by atoms with Crippen LogP contribution in [-0.4, -0.2) is 63.5 Å². The molecule has 2 aromatic rings. The molecular weight excluding hydrogens is 406 g/mol. The van der Waals surface area contributed by atoms with Gasteiger partial charge < -0.3 is 33.4 Å². The Morgan fingerprint density at radius 3 is 2.26 bits per heavy atom. The Kier molecular flexibility index (Phi) is 7.06. The second-order valence-electron chi connectivity index (χ2n) is 7.14. The molecule has 1 saturated heterocycles. The van der Waals surface area contributed by atoms with Crippen molar-refractivity contribution in [1.82, 2.24) is 4.90 Å². The Balaban J connectivity index is 2.12. The summed E-state index contributed by atoms with van der Waals surface area (Å²) in [5.41, 5.74) is -0.00447. The zero-order chi connectivity index (χ0) is 22.5. The maximum absolute atomic E-state index is 13.1. The van der Waals surface area contributed by atoms with E-state index in [9.17, 15) is 14.7 Å². The van der Waals surface area contributed by atoms with Gasteiger partial charge in [0.2, 0.25) is 22.8 Å². The number of methoxy groups -OCH3 is 3. The Labute approximate surface area is 180 Å². The normalized spacial score (nSPS) is 14.8. The summed E-state index contributed by atoms with van der Waals surface area (Å²) in [6.07, 6.45) is -0.0292. The van der Waals surface area contributed by atoms with Gasteiger partial charge in [-0.2, -0.15) is 0 Å². The van der Waals surface area contributed by atoms with Gasteiger partial charge in [0.25, 0.3) is 0 Å². The second-order valence-corrected chi connectivity index (χ2v) is 7.14. The quantitative estimate of drug-likeness (QED) is 0.707. The fourth-order valence-electron chi connectivity index (χ4n) is 3.64. The van der Waals surface area contributed by atoms with E-state index in [4.69, 9.17) is 23.4 Å². The van der Waals surface area contributed by atoms with Crippen LogP contribution in [0.5, 0.6) is 23.0 Å². The number of amides is 1. The molecule has 1 N–H and O–H groups in total. The third-order valence-corrected chi connectivity index (χ3v) is 5.22. The number of ether oxygens (including phenoxy) is 4. The van der Waals surface area contributed by atoms with E-state index in [-0.39, 0.29) is 18.1 Å². The van der Waals surface area contributed by atoms with Crippen molar-refractivity contribution >= 4 is 5.91 Å². The first-order valence-electron chi connectivity index (χ1n) is 9.88. The van der Waals surface area contributed by atoms with Crippen LogP contribution in [0, 0.1) is 6.92 Å². The molecular formula is C22H27NO8. The number of aromatic hydroxyl groups is 1. The molecule has 2 heterocycles. The monoisotopic (exact) mass is 433 g/mol. The van der Waals surface area contributed by atoms with Crippen molar-refractivity contribution in [2.24, 2.45) is 0 Å². The van der Waals surface area contributed by atoms with Crippen LogP contribution in [0.2, 0.25) is 0 Å². The molecule has 1 atom stereocenters. The molecule has 9 nitrogen and oxygen atoms in total. The summed E-state index contributed by atoms with van der Waals surface area (Å²) in [5.74, 6) is 0.0728. The lowest BCUT2D eigenvalue weighted by atomic mass is 9.90. The number of morpholine rings is 1. The molecule has 1 unspecified atom stereocenters. The van der Waals surface area contributed by atoms with Crippen molar-refractivity contribution in [3.63, 3.8) is 0 Å². The lowest BCUT2D eigenvalue weighted by molar-refractivity contribution is -0.135. The number of aryl methyl sites for hydroxylation is 1. The van der Waals surface area contributed by atoms with Gasteiger partial charge >= 0.3 is 0 Å². The molecule has 0 aliphatic carbocycles. The first-order valence-corrected chi connectivity index (χ1v) is 9.88. The lowest BCUT2D eigenvalue weighted by Gasteiger charge is -2.29. The van der Waals surface area contributed by atoms with E-state index in [1.807, 2.05) is 0 Å². The zero-order valence-corrected chi connectivity index (χ0v) is 18.1. The molecule has 0 saturated carbocycles. The van der Waals surface area contributed by atoms with E-state index in [2.05, 4.69) is 0 Å². The summed E-state index contributed by atoms with van der Waals surface area (Å²) in [6.45, 7) is 3.49. The SMILES string of the molecule is COc1cc(C(CC(=O)N2CCOCC2)c2oc(C)cc(=O)c2O)cc(OC)c1OC. The van der Waals surface area contributed by atoms with Crippen LogP contribution in [0.3, 0.4) is 0 Å². The molecule has 1 amide bonds. The summed E-state index contributed by atoms with van der Waals surface area (Å²) in [4.78, 5) is 27.0. The molecule has 1 aliphatic heterocycles.